The van der Waals surface area contributed by atoms with Gasteiger partial charge in [0, 0.05) is 39.2 Å². The fraction of sp³-hybridized carbons (Fsp3) is 0.250. The van der Waals surface area contributed by atoms with Gasteiger partial charge in [0.2, 0.25) is 0 Å². The zero-order valence-corrected chi connectivity index (χ0v) is 30.8. The number of fused-ring (bicyclic) bond motifs is 6. The van der Waals surface area contributed by atoms with Crippen LogP contribution in [0.4, 0.5) is 5.69 Å². The van der Waals surface area contributed by atoms with Gasteiger partial charge in [-0.15, -0.1) is 4.33 Å². The van der Waals surface area contributed by atoms with Crippen molar-refractivity contribution in [2.45, 2.75) is 67.6 Å². The van der Waals surface area contributed by atoms with Gasteiger partial charge in [-0.1, -0.05) is 99.0 Å². The number of anilines is 1. The Hall–Kier alpha value is -3.67. The third kappa shape index (κ3) is 5.94. The number of allylic oxidation sites excluding steroid dienone is 9. The number of rotatable bonds is 7. The Morgan fingerprint density at radius 2 is 1.60 bits per heavy atom. The average molecular weight is 728 g/mol. The smallest absolute Gasteiger partial charge is 0.294 e. The number of halogens is 1. The molecule has 0 atom stereocenters. The van der Waals surface area contributed by atoms with Crippen LogP contribution in [-0.4, -0.2) is 25.3 Å². The monoisotopic (exact) mass is 727 g/mol. The molecule has 0 fully saturated rings. The lowest BCUT2D eigenvalue weighted by Gasteiger charge is -2.25. The fourth-order valence-electron chi connectivity index (χ4n) is 7.97. The number of hydrogen-bond acceptors (Lipinski definition) is 7. The first-order valence-corrected chi connectivity index (χ1v) is 19.0. The van der Waals surface area contributed by atoms with Crippen molar-refractivity contribution < 1.29 is 27.6 Å². The van der Waals surface area contributed by atoms with Crippen LogP contribution in [-0.2, 0) is 30.3 Å². The normalized spacial score (nSPS) is 20.1. The van der Waals surface area contributed by atoms with E-state index in [4.69, 9.17) is 16.9 Å². The second-order valence-electron chi connectivity index (χ2n) is 14.1. The van der Waals surface area contributed by atoms with Crippen LogP contribution in [0.2, 0.25) is 0 Å². The summed E-state index contributed by atoms with van der Waals surface area (Å²) >= 11 is 8.08. The van der Waals surface area contributed by atoms with Gasteiger partial charge in [-0.3, -0.25) is 4.55 Å². The molecule has 1 heterocycles. The van der Waals surface area contributed by atoms with Crippen LogP contribution in [0.3, 0.4) is 0 Å². The average Bonchev–Trinajstić information content (AvgIpc) is 3.45. The lowest BCUT2D eigenvalue weighted by atomic mass is 9.78. The first-order valence-electron chi connectivity index (χ1n) is 16.4. The molecule has 4 aromatic carbocycles. The van der Waals surface area contributed by atoms with E-state index in [0.29, 0.717) is 0 Å². The molecule has 2 aliphatic carbocycles. The summed E-state index contributed by atoms with van der Waals surface area (Å²) < 4.78 is 37.8. The molecule has 0 unspecified atom stereocenters. The van der Waals surface area contributed by atoms with Gasteiger partial charge in [-0.05, 0) is 111 Å². The summed E-state index contributed by atoms with van der Waals surface area (Å²) in [5, 5.41) is 17.1. The van der Waals surface area contributed by atoms with Crippen LogP contribution in [0.5, 0.6) is 0 Å². The number of nitrogens with zero attached hydrogens (tertiary/aromatic N) is 1. The molecule has 50 heavy (non-hydrogen) atoms. The van der Waals surface area contributed by atoms with Gasteiger partial charge in [0.25, 0.3) is 10.1 Å². The van der Waals surface area contributed by atoms with E-state index in [1.54, 1.807) is 6.07 Å². The molecule has 0 radical (unpaired) electrons. The van der Waals surface area contributed by atoms with Gasteiger partial charge in [-0.25, -0.2) is 5.26 Å². The molecule has 0 spiro atoms. The highest BCUT2D eigenvalue weighted by molar-refractivity contribution is 7.94. The van der Waals surface area contributed by atoms with Crippen molar-refractivity contribution in [2.75, 3.05) is 11.9 Å². The van der Waals surface area contributed by atoms with Crippen LogP contribution < -0.4 is 4.90 Å². The highest BCUT2D eigenvalue weighted by atomic mass is 35.5. The molecule has 1 aliphatic heterocycles. The summed E-state index contributed by atoms with van der Waals surface area (Å²) in [6, 6.07) is 19.0. The summed E-state index contributed by atoms with van der Waals surface area (Å²) in [5.74, 6) is 0. The molecule has 3 aliphatic rings. The number of benzene rings is 4. The molecule has 4 aromatic rings. The maximum absolute atomic E-state index is 11.8. The SMILES string of the molecule is CN1/C(=C/C=C2\CCCC(/C=C/C3=Cc4ccc5cc(SOOO)ccc5c4C3(C)C)=C2Cl)C(C)(C)c2c1ccc1cc(S(=O)(=O)O)ccc21. The minimum Gasteiger partial charge on any atom is -0.347 e. The zero-order valence-electron chi connectivity index (χ0n) is 28.5. The van der Waals surface area contributed by atoms with E-state index < -0.39 is 10.1 Å². The van der Waals surface area contributed by atoms with Crippen LogP contribution in [0, 0.1) is 0 Å². The third-order valence-electron chi connectivity index (χ3n) is 10.5. The Morgan fingerprint density at radius 1 is 0.880 bits per heavy atom. The standard InChI is InChI=1S/C40H38ClNO6S2/c1-39(2)29(21-28-10-9-26-22-30(49-48-47-43)15-17-32(26)36(28)39)14-11-24-7-6-8-25(38(24)41)13-20-35-40(3,4)37-33-18-16-31(50(44,45)46)23-27(33)12-19-34(37)42(35)5/h9-23,43H,6-8H2,1-5H3,(H,44,45,46)/b14-11+,25-13+,35-20+. The summed E-state index contributed by atoms with van der Waals surface area (Å²) in [7, 11) is -2.24. The van der Waals surface area contributed by atoms with E-state index in [2.05, 4.69) is 97.6 Å². The molecule has 0 amide bonds. The lowest BCUT2D eigenvalue weighted by molar-refractivity contribution is -0.432. The van der Waals surface area contributed by atoms with Crippen molar-refractivity contribution in [3.05, 3.63) is 129 Å². The molecule has 7 nitrogen and oxygen atoms in total. The van der Waals surface area contributed by atoms with Crippen LogP contribution in [0.15, 0.2) is 122 Å². The topological polar surface area (TPSA) is 96.3 Å². The van der Waals surface area contributed by atoms with E-state index >= 15 is 0 Å². The van der Waals surface area contributed by atoms with Gasteiger partial charge in [0.15, 0.2) is 0 Å². The molecule has 0 saturated heterocycles. The Morgan fingerprint density at radius 3 is 2.36 bits per heavy atom. The predicted molar refractivity (Wildman–Crippen MR) is 203 cm³/mol. The van der Waals surface area contributed by atoms with Gasteiger partial charge in [-0.2, -0.15) is 8.42 Å². The second-order valence-corrected chi connectivity index (χ2v) is 16.7. The number of hydrogen-bond donors (Lipinski definition) is 2. The molecule has 258 valence electrons. The highest BCUT2D eigenvalue weighted by Crippen LogP contribution is 2.51. The highest BCUT2D eigenvalue weighted by Gasteiger charge is 2.40. The van der Waals surface area contributed by atoms with Crippen molar-refractivity contribution in [2.24, 2.45) is 0 Å². The van der Waals surface area contributed by atoms with Crippen molar-refractivity contribution in [3.8, 4) is 0 Å². The quantitative estimate of drug-likeness (QED) is 0.0840. The largest absolute Gasteiger partial charge is 0.347 e. The maximum Gasteiger partial charge on any atom is 0.294 e. The van der Waals surface area contributed by atoms with Crippen LogP contribution in [0.25, 0.3) is 27.6 Å². The van der Waals surface area contributed by atoms with Gasteiger partial charge < -0.3 is 4.90 Å². The van der Waals surface area contributed by atoms with E-state index in [1.807, 2.05) is 24.3 Å². The second kappa shape index (κ2) is 12.8. The Kier molecular flexibility index (Phi) is 8.92. The number of likely N-dealkylation sites (N-methyl/N-ethyl adjacent to an activating group) is 1. The molecular formula is C40H38ClNO6S2. The summed E-state index contributed by atoms with van der Waals surface area (Å²) in [5.41, 5.74) is 8.62. The Balaban J connectivity index is 1.17. The van der Waals surface area contributed by atoms with Crippen LogP contribution in [0.1, 0.15) is 63.6 Å². The molecule has 10 heteroatoms. The van der Waals surface area contributed by atoms with E-state index in [0.717, 1.165) is 85.5 Å². The molecular weight excluding hydrogens is 690 g/mol. The van der Waals surface area contributed by atoms with Crippen molar-refractivity contribution in [1.29, 1.82) is 0 Å². The summed E-state index contributed by atoms with van der Waals surface area (Å²) in [6.45, 7) is 8.86. The van der Waals surface area contributed by atoms with Crippen molar-refractivity contribution >= 4 is 67.1 Å². The molecule has 2 N–H and O–H groups in total. The third-order valence-corrected chi connectivity index (χ3v) is 12.4. The Bertz CT molecular complexity index is 2350. The molecule has 7 rings (SSSR count). The first kappa shape index (κ1) is 34.8. The Labute approximate surface area is 302 Å². The van der Waals surface area contributed by atoms with E-state index in [-0.39, 0.29) is 15.7 Å². The zero-order chi connectivity index (χ0) is 35.6. The summed E-state index contributed by atoms with van der Waals surface area (Å²) in [6.07, 6.45) is 13.8. The minimum absolute atomic E-state index is 0.111. The molecule has 0 saturated carbocycles. The molecule has 0 aromatic heterocycles. The van der Waals surface area contributed by atoms with Crippen LogP contribution >= 0.6 is 23.6 Å². The van der Waals surface area contributed by atoms with Gasteiger partial charge >= 0.3 is 0 Å². The van der Waals surface area contributed by atoms with E-state index in [1.165, 1.54) is 34.2 Å². The maximum atomic E-state index is 11.8. The predicted octanol–water partition coefficient (Wildman–Crippen LogP) is 10.8. The minimum atomic E-state index is -4.30. The van der Waals surface area contributed by atoms with E-state index in [9.17, 15) is 13.0 Å². The lowest BCUT2D eigenvalue weighted by Crippen LogP contribution is -2.22. The van der Waals surface area contributed by atoms with Crippen molar-refractivity contribution in [3.63, 3.8) is 0 Å². The first-order chi connectivity index (χ1) is 23.7. The fourth-order valence-corrected chi connectivity index (χ4v) is 9.20. The van der Waals surface area contributed by atoms with Gasteiger partial charge in [0.05, 0.1) is 16.9 Å². The summed E-state index contributed by atoms with van der Waals surface area (Å²) in [4.78, 5) is 2.91. The van der Waals surface area contributed by atoms with Gasteiger partial charge in [0.1, 0.15) is 0 Å². The van der Waals surface area contributed by atoms with Crippen molar-refractivity contribution in [1.82, 2.24) is 0 Å². The molecule has 0 bridgehead atoms.